The van der Waals surface area contributed by atoms with Gasteiger partial charge in [0.1, 0.15) is 5.78 Å². The normalized spacial score (nSPS) is 15.0. The van der Waals surface area contributed by atoms with Gasteiger partial charge in [-0.1, -0.05) is 18.2 Å². The number of hydrogen-bond acceptors (Lipinski definition) is 6. The van der Waals surface area contributed by atoms with E-state index < -0.39 is 40.8 Å². The first-order valence-corrected chi connectivity index (χ1v) is 10.5. The van der Waals surface area contributed by atoms with Gasteiger partial charge in [-0.25, -0.2) is 12.8 Å². The van der Waals surface area contributed by atoms with E-state index in [0.717, 1.165) is 0 Å². The topological polar surface area (TPSA) is 86.7 Å². The lowest BCUT2D eigenvalue weighted by molar-refractivity contribution is -0.117. The van der Waals surface area contributed by atoms with Crippen molar-refractivity contribution < 1.29 is 31.2 Å². The summed E-state index contributed by atoms with van der Waals surface area (Å²) in [6, 6.07) is 6.80. The molecule has 1 aromatic rings. The average molecular weight is 380 g/mol. The minimum Gasteiger partial charge on any atom is -0.306 e. The van der Waals surface area contributed by atoms with Crippen molar-refractivity contribution in [2.24, 2.45) is 0 Å². The van der Waals surface area contributed by atoms with Crippen molar-refractivity contribution in [3.05, 3.63) is 30.3 Å². The number of ketones is 1. The summed E-state index contributed by atoms with van der Waals surface area (Å²) < 4.78 is 61.0. The average Bonchev–Trinajstić information content (AvgIpc) is 2.53. The van der Waals surface area contributed by atoms with Crippen molar-refractivity contribution in [2.45, 2.75) is 43.3 Å². The van der Waals surface area contributed by atoms with E-state index in [9.17, 15) is 17.8 Å². The van der Waals surface area contributed by atoms with Crippen molar-refractivity contribution >= 4 is 23.2 Å². The van der Waals surface area contributed by atoms with Gasteiger partial charge in [0.05, 0.1) is 18.1 Å². The van der Waals surface area contributed by atoms with Gasteiger partial charge in [0.25, 0.3) is 0 Å². The van der Waals surface area contributed by atoms with Crippen LogP contribution in [0.4, 0.5) is 4.39 Å². The van der Waals surface area contributed by atoms with E-state index in [1.165, 1.54) is 45.0 Å². The Bertz CT molecular complexity index is 696. The molecule has 9 heteroatoms. The Kier molecular flexibility index (Phi) is 7.28. The first-order chi connectivity index (χ1) is 11.1. The smallest absolute Gasteiger partial charge is 0.306 e. The van der Waals surface area contributed by atoms with Crippen LogP contribution in [-0.2, 0) is 28.2 Å². The predicted molar refractivity (Wildman–Crippen MR) is 88.2 cm³/mol. The van der Waals surface area contributed by atoms with Crippen LogP contribution in [0.3, 0.4) is 0 Å². The van der Waals surface area contributed by atoms with Crippen molar-refractivity contribution in [3.63, 3.8) is 0 Å². The second-order valence-electron chi connectivity index (χ2n) is 5.04. The minimum atomic E-state index is -4.73. The summed E-state index contributed by atoms with van der Waals surface area (Å²) in [6.45, 7) is 3.70. The lowest BCUT2D eigenvalue weighted by Crippen LogP contribution is -2.36. The highest BCUT2D eigenvalue weighted by Crippen LogP contribution is 2.66. The number of carbonyl (C=O) groups is 1. The van der Waals surface area contributed by atoms with Crippen LogP contribution in [0.25, 0.3) is 0 Å². The van der Waals surface area contributed by atoms with Gasteiger partial charge in [0, 0.05) is 12.8 Å². The number of hydrogen-bond donors (Lipinski definition) is 0. The third-order valence-corrected chi connectivity index (χ3v) is 8.81. The second-order valence-corrected chi connectivity index (χ2v) is 9.69. The standard InChI is InChI=1S/C15H22FO6PS/c1-4-21-23(18,22-5-2)15(16,12-11-13(3)17)24(19,20)14-9-7-6-8-10-14/h6-10H,4-5,11-12H2,1-3H3. The third-order valence-electron chi connectivity index (χ3n) is 3.26. The third kappa shape index (κ3) is 4.11. The maximum absolute atomic E-state index is 15.8. The Labute approximate surface area is 141 Å². The summed E-state index contributed by atoms with van der Waals surface area (Å²) in [5.74, 6) is -0.431. The quantitative estimate of drug-likeness (QED) is 0.575. The molecule has 136 valence electrons. The van der Waals surface area contributed by atoms with Crippen molar-refractivity contribution in [1.29, 1.82) is 0 Å². The summed E-state index contributed by atoms with van der Waals surface area (Å²) in [6.07, 6.45) is -1.22. The van der Waals surface area contributed by atoms with E-state index in [1.54, 1.807) is 6.07 Å². The van der Waals surface area contributed by atoms with Crippen LogP contribution >= 0.6 is 7.60 Å². The van der Waals surface area contributed by atoms with E-state index in [2.05, 4.69) is 0 Å². The molecule has 24 heavy (non-hydrogen) atoms. The van der Waals surface area contributed by atoms with Crippen LogP contribution in [0.5, 0.6) is 0 Å². The monoisotopic (exact) mass is 380 g/mol. The summed E-state index contributed by atoms with van der Waals surface area (Å²) in [4.78, 5) is 10.9. The molecule has 0 aliphatic heterocycles. The lowest BCUT2D eigenvalue weighted by atomic mass is 10.2. The van der Waals surface area contributed by atoms with Gasteiger partial charge < -0.3 is 13.8 Å². The van der Waals surface area contributed by atoms with E-state index in [-0.39, 0.29) is 18.1 Å². The molecule has 1 rings (SSSR count). The molecule has 1 unspecified atom stereocenters. The number of sulfone groups is 1. The molecule has 0 saturated carbocycles. The molecule has 0 aromatic heterocycles. The molecule has 0 spiro atoms. The number of benzene rings is 1. The minimum absolute atomic E-state index is 0.201. The molecule has 0 N–H and O–H groups in total. The van der Waals surface area contributed by atoms with Gasteiger partial charge in [-0.05, 0) is 32.9 Å². The fraction of sp³-hybridized carbons (Fsp3) is 0.533. The molecular weight excluding hydrogens is 358 g/mol. The van der Waals surface area contributed by atoms with Crippen LogP contribution < -0.4 is 0 Å². The van der Waals surface area contributed by atoms with Crippen molar-refractivity contribution in [1.82, 2.24) is 0 Å². The first kappa shape index (κ1) is 21.0. The highest BCUT2D eigenvalue weighted by Gasteiger charge is 2.62. The predicted octanol–water partition coefficient (Wildman–Crippen LogP) is 3.72. The summed E-state index contributed by atoms with van der Waals surface area (Å²) in [7, 11) is -9.42. The van der Waals surface area contributed by atoms with E-state index in [0.29, 0.717) is 0 Å². The molecule has 0 radical (unpaired) electrons. The molecule has 0 amide bonds. The molecule has 0 aliphatic carbocycles. The zero-order valence-electron chi connectivity index (χ0n) is 13.9. The lowest BCUT2D eigenvalue weighted by Gasteiger charge is -2.31. The number of halogens is 1. The van der Waals surface area contributed by atoms with E-state index in [1.807, 2.05) is 0 Å². The molecule has 0 aliphatic rings. The van der Waals surface area contributed by atoms with Gasteiger partial charge >= 0.3 is 12.3 Å². The van der Waals surface area contributed by atoms with Crippen molar-refractivity contribution in [2.75, 3.05) is 13.2 Å². The number of Topliss-reactive ketones (excluding diaryl/α,β-unsaturated/α-hetero) is 1. The zero-order valence-corrected chi connectivity index (χ0v) is 15.6. The van der Waals surface area contributed by atoms with Crippen LogP contribution in [0.15, 0.2) is 35.2 Å². The van der Waals surface area contributed by atoms with Gasteiger partial charge in [0.15, 0.2) is 0 Å². The first-order valence-electron chi connectivity index (χ1n) is 7.52. The van der Waals surface area contributed by atoms with Gasteiger partial charge in [-0.2, -0.15) is 0 Å². The number of rotatable bonds is 10. The highest BCUT2D eigenvalue weighted by molar-refractivity contribution is 7.99. The molecular formula is C15H22FO6PS. The Morgan fingerprint density at radius 1 is 1.17 bits per heavy atom. The van der Waals surface area contributed by atoms with Gasteiger partial charge in [-0.3, -0.25) is 4.57 Å². The van der Waals surface area contributed by atoms with E-state index in [4.69, 9.17) is 9.05 Å². The van der Waals surface area contributed by atoms with Crippen LogP contribution in [-0.4, -0.2) is 32.2 Å². The number of alkyl halides is 1. The van der Waals surface area contributed by atoms with Gasteiger partial charge in [0.2, 0.25) is 9.84 Å². The molecule has 0 heterocycles. The van der Waals surface area contributed by atoms with Crippen LogP contribution in [0.1, 0.15) is 33.6 Å². The molecule has 0 bridgehead atoms. The second kappa shape index (κ2) is 8.34. The largest absolute Gasteiger partial charge is 0.383 e. The van der Waals surface area contributed by atoms with Gasteiger partial charge in [-0.15, -0.1) is 0 Å². The summed E-state index contributed by atoms with van der Waals surface area (Å²) >= 11 is 0. The van der Waals surface area contributed by atoms with Crippen LogP contribution in [0.2, 0.25) is 0 Å². The fourth-order valence-corrected chi connectivity index (χ4v) is 6.68. The highest BCUT2D eigenvalue weighted by atomic mass is 32.2. The van der Waals surface area contributed by atoms with E-state index >= 15 is 4.39 Å². The summed E-state index contributed by atoms with van der Waals surface area (Å²) in [5, 5.41) is 0. The maximum Gasteiger partial charge on any atom is 0.383 e. The van der Waals surface area contributed by atoms with Crippen molar-refractivity contribution in [3.8, 4) is 0 Å². The fourth-order valence-electron chi connectivity index (χ4n) is 2.10. The number of carbonyl (C=O) groups excluding carboxylic acids is 1. The van der Waals surface area contributed by atoms with Crippen LogP contribution in [0, 0.1) is 0 Å². The SMILES string of the molecule is CCOP(=O)(OCC)C(F)(CCC(C)=O)S(=O)(=O)c1ccccc1. The molecule has 1 atom stereocenters. The molecule has 0 fully saturated rings. The molecule has 1 aromatic carbocycles. The summed E-state index contributed by atoms with van der Waals surface area (Å²) in [5.41, 5.74) is 0. The Morgan fingerprint density at radius 2 is 1.67 bits per heavy atom. The Morgan fingerprint density at radius 3 is 2.08 bits per heavy atom. The molecule has 0 saturated heterocycles. The zero-order chi connectivity index (χ0) is 18.4. The Balaban J connectivity index is 3.54. The maximum atomic E-state index is 15.8. The molecule has 6 nitrogen and oxygen atoms in total. The Hall–Kier alpha value is -1.08.